The summed E-state index contributed by atoms with van der Waals surface area (Å²) in [5.41, 5.74) is 2.88. The second-order valence-electron chi connectivity index (χ2n) is 6.96. The number of nitrogens with one attached hydrogen (secondary N) is 3. The van der Waals surface area contributed by atoms with Crippen LogP contribution in [0.4, 0.5) is 11.4 Å². The summed E-state index contributed by atoms with van der Waals surface area (Å²) in [5.74, 6) is -0.304. The van der Waals surface area contributed by atoms with E-state index in [9.17, 15) is 9.59 Å². The summed E-state index contributed by atoms with van der Waals surface area (Å²) in [6.07, 6.45) is 3.24. The van der Waals surface area contributed by atoms with E-state index in [1.807, 2.05) is 31.2 Å². The molecule has 0 bridgehead atoms. The standard InChI is InChI=1S/C20H20N4O3/c1-11-6-4-5-7-12(11)17(25)13-8-21-18-15(13)16-14(9-22-18)23-19(26)20(2,24-16)10-27-3/h4-9,24H,10H2,1-3H3,(H,21,22)(H,23,26)/t20-/m0/s1. The maximum absolute atomic E-state index is 13.2. The van der Waals surface area contributed by atoms with Crippen molar-refractivity contribution in [3.63, 3.8) is 0 Å². The van der Waals surface area contributed by atoms with Crippen LogP contribution in [0.25, 0.3) is 11.0 Å². The number of fused-ring (bicyclic) bond motifs is 3. The van der Waals surface area contributed by atoms with Gasteiger partial charge in [0.2, 0.25) is 0 Å². The fourth-order valence-corrected chi connectivity index (χ4v) is 3.46. The highest BCUT2D eigenvalue weighted by molar-refractivity contribution is 6.21. The number of hydrogen-bond donors (Lipinski definition) is 3. The van der Waals surface area contributed by atoms with Crippen molar-refractivity contribution in [1.82, 2.24) is 9.97 Å². The number of methoxy groups -OCH3 is 1. The van der Waals surface area contributed by atoms with Gasteiger partial charge in [-0.2, -0.15) is 0 Å². The Balaban J connectivity index is 1.89. The van der Waals surface area contributed by atoms with E-state index < -0.39 is 5.54 Å². The monoisotopic (exact) mass is 364 g/mol. The molecule has 1 aliphatic rings. The van der Waals surface area contributed by atoms with Crippen LogP contribution in [0, 0.1) is 6.92 Å². The molecule has 1 aliphatic heterocycles. The van der Waals surface area contributed by atoms with E-state index in [1.165, 1.54) is 0 Å². The molecule has 0 aliphatic carbocycles. The Morgan fingerprint density at radius 3 is 2.78 bits per heavy atom. The lowest BCUT2D eigenvalue weighted by Crippen LogP contribution is -2.53. The van der Waals surface area contributed by atoms with E-state index in [-0.39, 0.29) is 18.3 Å². The van der Waals surface area contributed by atoms with Crippen molar-refractivity contribution in [2.75, 3.05) is 24.4 Å². The van der Waals surface area contributed by atoms with Gasteiger partial charge in [-0.3, -0.25) is 9.59 Å². The van der Waals surface area contributed by atoms with Gasteiger partial charge in [-0.15, -0.1) is 0 Å². The van der Waals surface area contributed by atoms with E-state index in [2.05, 4.69) is 20.6 Å². The number of amides is 1. The van der Waals surface area contributed by atoms with Gasteiger partial charge < -0.3 is 20.4 Å². The van der Waals surface area contributed by atoms with Gasteiger partial charge in [-0.05, 0) is 19.4 Å². The topological polar surface area (TPSA) is 96.1 Å². The van der Waals surface area contributed by atoms with Crippen molar-refractivity contribution in [1.29, 1.82) is 0 Å². The molecule has 1 atom stereocenters. The van der Waals surface area contributed by atoms with Crippen molar-refractivity contribution in [2.45, 2.75) is 19.4 Å². The number of pyridine rings is 1. The van der Waals surface area contributed by atoms with Gasteiger partial charge in [0.05, 0.1) is 35.1 Å². The predicted octanol–water partition coefficient (Wildman–Crippen LogP) is 2.87. The Hall–Kier alpha value is -3.19. The summed E-state index contributed by atoms with van der Waals surface area (Å²) in [7, 11) is 1.54. The molecule has 0 unspecified atom stereocenters. The summed E-state index contributed by atoms with van der Waals surface area (Å²) < 4.78 is 5.21. The van der Waals surface area contributed by atoms with Crippen molar-refractivity contribution in [3.8, 4) is 0 Å². The third-order valence-electron chi connectivity index (χ3n) is 4.92. The van der Waals surface area contributed by atoms with E-state index in [1.54, 1.807) is 26.4 Å². The number of carbonyl (C=O) groups excluding carboxylic acids is 2. The normalized spacial score (nSPS) is 18.7. The van der Waals surface area contributed by atoms with Crippen LogP contribution in [0.15, 0.2) is 36.7 Å². The van der Waals surface area contributed by atoms with Crippen molar-refractivity contribution < 1.29 is 14.3 Å². The van der Waals surface area contributed by atoms with Crippen LogP contribution in [0.2, 0.25) is 0 Å². The van der Waals surface area contributed by atoms with Crippen LogP contribution >= 0.6 is 0 Å². The number of rotatable bonds is 4. The number of benzene rings is 1. The first-order chi connectivity index (χ1) is 12.9. The molecule has 7 nitrogen and oxygen atoms in total. The van der Waals surface area contributed by atoms with E-state index in [0.29, 0.717) is 33.5 Å². The Bertz CT molecular complexity index is 1070. The van der Waals surface area contributed by atoms with Gasteiger partial charge in [0.1, 0.15) is 11.2 Å². The molecule has 3 heterocycles. The third-order valence-corrected chi connectivity index (χ3v) is 4.92. The first-order valence-electron chi connectivity index (χ1n) is 8.63. The average Bonchev–Trinajstić information content (AvgIpc) is 3.07. The van der Waals surface area contributed by atoms with Crippen LogP contribution < -0.4 is 10.6 Å². The van der Waals surface area contributed by atoms with Crippen LogP contribution in [-0.4, -0.2) is 40.9 Å². The summed E-state index contributed by atoms with van der Waals surface area (Å²) in [6.45, 7) is 3.86. The maximum atomic E-state index is 13.2. The zero-order valence-electron chi connectivity index (χ0n) is 15.3. The predicted molar refractivity (Wildman–Crippen MR) is 103 cm³/mol. The number of ketones is 1. The van der Waals surface area contributed by atoms with Gasteiger partial charge in [-0.25, -0.2) is 4.98 Å². The highest BCUT2D eigenvalue weighted by Crippen LogP contribution is 2.38. The number of aromatic amines is 1. The van der Waals surface area contributed by atoms with Crippen molar-refractivity contribution in [3.05, 3.63) is 53.3 Å². The molecule has 0 radical (unpaired) electrons. The minimum atomic E-state index is -0.948. The largest absolute Gasteiger partial charge is 0.382 e. The molecule has 0 saturated carbocycles. The molecule has 4 rings (SSSR count). The molecular weight excluding hydrogens is 344 g/mol. The molecule has 1 amide bonds. The quantitative estimate of drug-likeness (QED) is 0.619. The van der Waals surface area contributed by atoms with Gasteiger partial charge in [0, 0.05) is 18.9 Å². The number of hydrogen-bond acceptors (Lipinski definition) is 5. The molecule has 3 N–H and O–H groups in total. The Morgan fingerprint density at radius 1 is 1.26 bits per heavy atom. The van der Waals surface area contributed by atoms with Crippen LogP contribution in [0.5, 0.6) is 0 Å². The molecule has 0 fully saturated rings. The summed E-state index contributed by atoms with van der Waals surface area (Å²) in [6, 6.07) is 7.46. The highest BCUT2D eigenvalue weighted by atomic mass is 16.5. The number of aromatic nitrogens is 2. The molecule has 0 saturated heterocycles. The first kappa shape index (κ1) is 17.2. The second-order valence-corrected chi connectivity index (χ2v) is 6.96. The number of ether oxygens (including phenoxy) is 1. The maximum Gasteiger partial charge on any atom is 0.252 e. The van der Waals surface area contributed by atoms with Gasteiger partial charge in [0.25, 0.3) is 5.91 Å². The Morgan fingerprint density at radius 2 is 2.04 bits per heavy atom. The molecule has 3 aromatic rings. The number of carbonyl (C=O) groups is 2. The molecule has 2 aromatic heterocycles. The summed E-state index contributed by atoms with van der Waals surface area (Å²) in [4.78, 5) is 33.1. The number of nitrogens with zero attached hydrogens (tertiary/aromatic N) is 1. The Labute approximate surface area is 156 Å². The lowest BCUT2D eigenvalue weighted by molar-refractivity contribution is -0.121. The zero-order chi connectivity index (χ0) is 19.2. The lowest BCUT2D eigenvalue weighted by atomic mass is 9.95. The van der Waals surface area contributed by atoms with Crippen molar-refractivity contribution >= 4 is 34.1 Å². The fourth-order valence-electron chi connectivity index (χ4n) is 3.46. The Kier molecular flexibility index (Phi) is 3.96. The summed E-state index contributed by atoms with van der Waals surface area (Å²) in [5, 5.41) is 6.79. The fraction of sp³-hybridized carbons (Fsp3) is 0.250. The number of H-pyrrole nitrogens is 1. The van der Waals surface area contributed by atoms with Gasteiger partial charge >= 0.3 is 0 Å². The molecule has 7 heteroatoms. The molecule has 0 spiro atoms. The van der Waals surface area contributed by atoms with Crippen molar-refractivity contribution in [2.24, 2.45) is 0 Å². The van der Waals surface area contributed by atoms with Gasteiger partial charge in [-0.1, -0.05) is 24.3 Å². The van der Waals surface area contributed by atoms with Gasteiger partial charge in [0.15, 0.2) is 5.78 Å². The summed E-state index contributed by atoms with van der Waals surface area (Å²) >= 11 is 0. The number of aryl methyl sites for hydroxylation is 1. The molecule has 1 aromatic carbocycles. The SMILES string of the molecule is COC[C@]1(C)Nc2c(cnc3[nH]cc(C(=O)c4ccccc4C)c23)NC1=O. The van der Waals surface area contributed by atoms with E-state index in [0.717, 1.165) is 5.56 Å². The molecule has 138 valence electrons. The second kappa shape index (κ2) is 6.21. The first-order valence-corrected chi connectivity index (χ1v) is 8.63. The zero-order valence-corrected chi connectivity index (χ0v) is 15.3. The molecule has 27 heavy (non-hydrogen) atoms. The minimum absolute atomic E-state index is 0.0957. The van der Waals surface area contributed by atoms with Crippen LogP contribution in [-0.2, 0) is 9.53 Å². The van der Waals surface area contributed by atoms with E-state index >= 15 is 0 Å². The van der Waals surface area contributed by atoms with Crippen LogP contribution in [0.3, 0.4) is 0 Å². The number of anilines is 2. The molecular formula is C20H20N4O3. The minimum Gasteiger partial charge on any atom is -0.382 e. The smallest absolute Gasteiger partial charge is 0.252 e. The third kappa shape index (κ3) is 2.67. The highest BCUT2D eigenvalue weighted by Gasteiger charge is 2.39. The lowest BCUT2D eigenvalue weighted by Gasteiger charge is -2.35. The van der Waals surface area contributed by atoms with Crippen LogP contribution in [0.1, 0.15) is 28.4 Å². The average molecular weight is 364 g/mol. The van der Waals surface area contributed by atoms with E-state index in [4.69, 9.17) is 4.74 Å².